The fourth-order valence-electron chi connectivity index (χ4n) is 5.53. The smallest absolute Gasteiger partial charge is 0.412 e. The third-order valence-electron chi connectivity index (χ3n) is 7.90. The molecule has 5 unspecified atom stereocenters. The number of carbonyl (C=O) groups excluding carboxylic acids is 4. The summed E-state index contributed by atoms with van der Waals surface area (Å²) in [7, 11) is 0. The van der Waals surface area contributed by atoms with Crippen molar-refractivity contribution in [1.82, 2.24) is 20.4 Å². The van der Waals surface area contributed by atoms with E-state index in [4.69, 9.17) is 18.4 Å². The SMILES string of the molecule is C=C1Cc2nc(co2)C(=O)N2CCCC2C(=O)OC(C(C)COC(=O)Nc2cc(C)on2)C(C)/C=C/C(=O)NC/C=C/C(C)=C/C(O)C1. The largest absolute Gasteiger partial charge is 0.460 e. The number of rotatable bonds is 4. The first-order chi connectivity index (χ1) is 22.9. The molecule has 0 aliphatic carbocycles. The van der Waals surface area contributed by atoms with Gasteiger partial charge < -0.3 is 33.7 Å². The van der Waals surface area contributed by atoms with Crippen molar-refractivity contribution in [1.29, 1.82) is 0 Å². The zero-order chi connectivity index (χ0) is 34.8. The number of fused-ring (bicyclic) bond motifs is 3. The van der Waals surface area contributed by atoms with Gasteiger partial charge in [0.25, 0.3) is 5.91 Å². The quantitative estimate of drug-likeness (QED) is 0.316. The van der Waals surface area contributed by atoms with Crippen molar-refractivity contribution in [3.05, 3.63) is 77.8 Å². The molecule has 5 atom stereocenters. The van der Waals surface area contributed by atoms with Crippen LogP contribution in [0.15, 0.2) is 69.4 Å². The highest BCUT2D eigenvalue weighted by Crippen LogP contribution is 2.26. The van der Waals surface area contributed by atoms with Crippen molar-refractivity contribution in [2.45, 2.75) is 71.6 Å². The number of aliphatic hydroxyl groups excluding tert-OH is 1. The van der Waals surface area contributed by atoms with Gasteiger partial charge in [-0.15, -0.1) is 0 Å². The monoisotopic (exact) mass is 665 g/mol. The maximum absolute atomic E-state index is 13.6. The lowest BCUT2D eigenvalue weighted by molar-refractivity contribution is -0.159. The van der Waals surface area contributed by atoms with E-state index in [1.165, 1.54) is 23.3 Å². The Hall–Kier alpha value is -4.98. The van der Waals surface area contributed by atoms with Crippen molar-refractivity contribution < 1.29 is 42.7 Å². The molecule has 14 heteroatoms. The number of cyclic esters (lactones) is 1. The van der Waals surface area contributed by atoms with Crippen molar-refractivity contribution in [2.75, 3.05) is 25.0 Å². The van der Waals surface area contributed by atoms with E-state index in [1.807, 2.05) is 6.92 Å². The van der Waals surface area contributed by atoms with Crippen LogP contribution in [0.4, 0.5) is 10.6 Å². The summed E-state index contributed by atoms with van der Waals surface area (Å²) in [5, 5.41) is 19.4. The second-order valence-corrected chi connectivity index (χ2v) is 12.2. The number of aryl methyl sites for hydroxylation is 1. The molecule has 2 bridgehead atoms. The van der Waals surface area contributed by atoms with Gasteiger partial charge in [0.05, 0.1) is 12.7 Å². The Bertz CT molecular complexity index is 1570. The number of ether oxygens (including phenoxy) is 2. The first kappa shape index (κ1) is 35.9. The molecule has 48 heavy (non-hydrogen) atoms. The van der Waals surface area contributed by atoms with Crippen LogP contribution in [0.1, 0.15) is 62.2 Å². The lowest BCUT2D eigenvalue weighted by Gasteiger charge is -2.30. The highest BCUT2D eigenvalue weighted by atomic mass is 16.6. The minimum Gasteiger partial charge on any atom is -0.460 e. The van der Waals surface area contributed by atoms with E-state index in [0.29, 0.717) is 30.7 Å². The van der Waals surface area contributed by atoms with Gasteiger partial charge in [-0.2, -0.15) is 0 Å². The molecule has 4 rings (SSSR count). The lowest BCUT2D eigenvalue weighted by atomic mass is 9.93. The zero-order valence-electron chi connectivity index (χ0n) is 27.6. The van der Waals surface area contributed by atoms with Crippen LogP contribution in [0.2, 0.25) is 0 Å². The zero-order valence-corrected chi connectivity index (χ0v) is 27.6. The molecular weight excluding hydrogens is 622 g/mol. The molecule has 0 saturated carbocycles. The van der Waals surface area contributed by atoms with Crippen molar-refractivity contribution in [3.63, 3.8) is 0 Å². The molecule has 3 N–H and O–H groups in total. The Morgan fingerprint density at radius 2 is 2.06 bits per heavy atom. The first-order valence-corrected chi connectivity index (χ1v) is 15.9. The Labute approximate surface area is 278 Å². The second-order valence-electron chi connectivity index (χ2n) is 12.2. The van der Waals surface area contributed by atoms with Gasteiger partial charge in [0.15, 0.2) is 17.4 Å². The highest BCUT2D eigenvalue weighted by Gasteiger charge is 2.39. The molecule has 2 aromatic rings. The lowest BCUT2D eigenvalue weighted by Crippen LogP contribution is -2.44. The van der Waals surface area contributed by atoms with Crippen LogP contribution < -0.4 is 10.6 Å². The minimum atomic E-state index is -0.875. The maximum Gasteiger partial charge on any atom is 0.412 e. The second kappa shape index (κ2) is 16.7. The molecule has 0 spiro atoms. The molecular formula is C34H43N5O9. The van der Waals surface area contributed by atoms with Crippen LogP contribution in [0.25, 0.3) is 0 Å². The number of esters is 1. The summed E-state index contributed by atoms with van der Waals surface area (Å²) in [5.41, 5.74) is 1.49. The van der Waals surface area contributed by atoms with Crippen LogP contribution in [-0.2, 0) is 25.5 Å². The van der Waals surface area contributed by atoms with E-state index in [9.17, 15) is 24.3 Å². The number of hydrogen-bond acceptors (Lipinski definition) is 11. The van der Waals surface area contributed by atoms with E-state index in [-0.39, 0.29) is 49.3 Å². The number of hydrogen-bond donors (Lipinski definition) is 3. The molecule has 4 heterocycles. The topological polar surface area (TPSA) is 186 Å². The Morgan fingerprint density at radius 1 is 1.27 bits per heavy atom. The molecule has 3 amide bonds. The van der Waals surface area contributed by atoms with E-state index >= 15 is 0 Å². The van der Waals surface area contributed by atoms with E-state index in [1.54, 1.807) is 45.1 Å². The molecule has 2 aromatic heterocycles. The number of nitrogens with zero attached hydrogens (tertiary/aromatic N) is 3. The maximum atomic E-state index is 13.6. The number of amides is 3. The number of aromatic nitrogens is 2. The van der Waals surface area contributed by atoms with E-state index < -0.39 is 48.1 Å². The number of oxazole rings is 1. The third-order valence-corrected chi connectivity index (χ3v) is 7.90. The van der Waals surface area contributed by atoms with E-state index in [0.717, 1.165) is 5.57 Å². The highest BCUT2D eigenvalue weighted by molar-refractivity contribution is 5.95. The van der Waals surface area contributed by atoms with Gasteiger partial charge in [-0.05, 0) is 39.2 Å². The molecule has 1 saturated heterocycles. The molecule has 14 nitrogen and oxygen atoms in total. The molecule has 2 aliphatic rings. The number of anilines is 1. The van der Waals surface area contributed by atoms with Gasteiger partial charge in [-0.25, -0.2) is 14.6 Å². The number of nitrogens with one attached hydrogen (secondary N) is 2. The predicted octanol–water partition coefficient (Wildman–Crippen LogP) is 4.05. The van der Waals surface area contributed by atoms with Crippen LogP contribution in [-0.4, -0.2) is 82.0 Å². The van der Waals surface area contributed by atoms with Crippen LogP contribution in [0, 0.1) is 18.8 Å². The Balaban J connectivity index is 1.54. The Morgan fingerprint density at radius 3 is 2.81 bits per heavy atom. The van der Waals surface area contributed by atoms with Crippen molar-refractivity contribution >= 4 is 29.7 Å². The fourth-order valence-corrected chi connectivity index (χ4v) is 5.53. The number of allylic oxidation sites excluding steroid dienone is 2. The normalized spacial score (nSPS) is 26.4. The summed E-state index contributed by atoms with van der Waals surface area (Å²) >= 11 is 0. The number of carbonyl (C=O) groups is 4. The van der Waals surface area contributed by atoms with Gasteiger partial charge in [0.2, 0.25) is 5.91 Å². The van der Waals surface area contributed by atoms with E-state index in [2.05, 4.69) is 27.4 Å². The average molecular weight is 666 g/mol. The third kappa shape index (κ3) is 10.3. The molecule has 0 radical (unpaired) electrons. The van der Waals surface area contributed by atoms with Gasteiger partial charge in [0, 0.05) is 37.4 Å². The summed E-state index contributed by atoms with van der Waals surface area (Å²) in [4.78, 5) is 57.9. The summed E-state index contributed by atoms with van der Waals surface area (Å²) in [6.45, 7) is 11.5. The standard InChI is InChI=1S/C34H43N5O9/c1-20-8-6-12-35-29(41)11-10-22(3)31(23(4)18-46-34(44)37-28-17-24(5)48-38-28)47-33(43)27-9-7-13-39(27)32(42)26-19-45-30(36-26)16-21(2)15-25(40)14-20/h6,8,10-11,14,17,19,22-23,25,27,31,40H,2,7,9,12-13,15-16,18H2,1,3-5H3,(H,35,41)(H,37,38,44)/b8-6+,11-10+,20-14+. The summed E-state index contributed by atoms with van der Waals surface area (Å²) < 4.78 is 21.9. The first-order valence-electron chi connectivity index (χ1n) is 15.9. The fraction of sp³-hybridized carbons (Fsp3) is 0.471. The number of aliphatic hydroxyl groups is 1. The average Bonchev–Trinajstić information content (AvgIpc) is 3.80. The molecule has 2 aliphatic heterocycles. The summed E-state index contributed by atoms with van der Waals surface area (Å²) in [6, 6.07) is 0.660. The molecule has 1 fully saturated rings. The minimum absolute atomic E-state index is 0.0475. The van der Waals surface area contributed by atoms with Crippen LogP contribution in [0.3, 0.4) is 0 Å². The van der Waals surface area contributed by atoms with Gasteiger partial charge in [-0.3, -0.25) is 14.9 Å². The van der Waals surface area contributed by atoms with Crippen LogP contribution >= 0.6 is 0 Å². The van der Waals surface area contributed by atoms with Crippen LogP contribution in [0.5, 0.6) is 0 Å². The Kier molecular flexibility index (Phi) is 12.5. The van der Waals surface area contributed by atoms with Gasteiger partial charge in [0.1, 0.15) is 24.2 Å². The summed E-state index contributed by atoms with van der Waals surface area (Å²) in [5.74, 6) is -1.49. The summed E-state index contributed by atoms with van der Waals surface area (Å²) in [6.07, 6.45) is 8.47. The predicted molar refractivity (Wildman–Crippen MR) is 173 cm³/mol. The molecule has 258 valence electrons. The van der Waals surface area contributed by atoms with Gasteiger partial charge in [-0.1, -0.05) is 61.0 Å². The molecule has 0 aromatic carbocycles. The van der Waals surface area contributed by atoms with Crippen molar-refractivity contribution in [2.24, 2.45) is 11.8 Å². The van der Waals surface area contributed by atoms with Gasteiger partial charge >= 0.3 is 12.1 Å². The van der Waals surface area contributed by atoms with Crippen molar-refractivity contribution in [3.8, 4) is 0 Å².